The molecule has 1 fully saturated rings. The summed E-state index contributed by atoms with van der Waals surface area (Å²) in [5.41, 5.74) is 0. The van der Waals surface area contributed by atoms with Crippen molar-refractivity contribution in [3.05, 3.63) is 12.2 Å². The van der Waals surface area contributed by atoms with E-state index in [1.807, 2.05) is 14.0 Å². The second-order valence-electron chi connectivity index (χ2n) is 2.76. The van der Waals surface area contributed by atoms with Crippen LogP contribution >= 0.6 is 0 Å². The molecule has 3 nitrogen and oxygen atoms in total. The molecule has 0 bridgehead atoms. The molecule has 0 aromatic heterocycles. The number of amides is 1. The van der Waals surface area contributed by atoms with Crippen molar-refractivity contribution in [1.82, 2.24) is 10.2 Å². The molecule has 0 radical (unpaired) electrons. The van der Waals surface area contributed by atoms with Crippen LogP contribution in [0.2, 0.25) is 0 Å². The van der Waals surface area contributed by atoms with Gasteiger partial charge in [0.25, 0.3) is 0 Å². The van der Waals surface area contributed by atoms with E-state index in [-0.39, 0.29) is 5.91 Å². The first-order valence-electron chi connectivity index (χ1n) is 3.86. The molecule has 0 atom stereocenters. The zero-order valence-corrected chi connectivity index (χ0v) is 7.00. The van der Waals surface area contributed by atoms with E-state index in [9.17, 15) is 4.79 Å². The summed E-state index contributed by atoms with van der Waals surface area (Å²) in [5, 5.41) is 3.12. The van der Waals surface area contributed by atoms with Crippen molar-refractivity contribution in [2.75, 3.05) is 20.1 Å². The van der Waals surface area contributed by atoms with Gasteiger partial charge in [0, 0.05) is 20.1 Å². The summed E-state index contributed by atoms with van der Waals surface area (Å²) in [7, 11) is 1.84. The minimum Gasteiger partial charge on any atom is -0.337 e. The van der Waals surface area contributed by atoms with Crippen LogP contribution < -0.4 is 5.32 Å². The fourth-order valence-electron chi connectivity index (χ4n) is 0.987. The third-order valence-electron chi connectivity index (χ3n) is 1.96. The van der Waals surface area contributed by atoms with E-state index in [0.717, 1.165) is 13.1 Å². The Morgan fingerprint density at radius 2 is 2.27 bits per heavy atom. The third kappa shape index (κ3) is 1.80. The number of allylic oxidation sites excluding steroid dienone is 1. The molecule has 1 N–H and O–H groups in total. The molecular formula is C8H14N2O. The van der Waals surface area contributed by atoms with Gasteiger partial charge in [-0.1, -0.05) is 6.08 Å². The van der Waals surface area contributed by atoms with Crippen LogP contribution in [-0.2, 0) is 4.79 Å². The van der Waals surface area contributed by atoms with E-state index >= 15 is 0 Å². The molecular weight excluding hydrogens is 140 g/mol. The summed E-state index contributed by atoms with van der Waals surface area (Å²) in [6.45, 7) is 3.71. The Labute approximate surface area is 67.1 Å². The van der Waals surface area contributed by atoms with Crippen molar-refractivity contribution in [3.63, 3.8) is 0 Å². The molecule has 1 aliphatic rings. The van der Waals surface area contributed by atoms with Gasteiger partial charge in [0.1, 0.15) is 0 Å². The van der Waals surface area contributed by atoms with Crippen molar-refractivity contribution in [1.29, 1.82) is 0 Å². The topological polar surface area (TPSA) is 32.3 Å². The van der Waals surface area contributed by atoms with Gasteiger partial charge in [0.05, 0.1) is 6.04 Å². The van der Waals surface area contributed by atoms with Crippen LogP contribution in [0.25, 0.3) is 0 Å². The van der Waals surface area contributed by atoms with Crippen molar-refractivity contribution in [3.8, 4) is 0 Å². The van der Waals surface area contributed by atoms with Gasteiger partial charge in [-0.05, 0) is 13.0 Å². The van der Waals surface area contributed by atoms with E-state index < -0.39 is 0 Å². The number of carbonyl (C=O) groups is 1. The van der Waals surface area contributed by atoms with Gasteiger partial charge < -0.3 is 10.2 Å². The lowest BCUT2D eigenvalue weighted by Crippen LogP contribution is -2.57. The zero-order valence-electron chi connectivity index (χ0n) is 7.00. The molecule has 0 spiro atoms. The molecule has 0 saturated carbocycles. The fraction of sp³-hybridized carbons (Fsp3) is 0.625. The monoisotopic (exact) mass is 154 g/mol. The third-order valence-corrected chi connectivity index (χ3v) is 1.96. The first-order chi connectivity index (χ1) is 5.25. The Morgan fingerprint density at radius 1 is 1.64 bits per heavy atom. The fourth-order valence-corrected chi connectivity index (χ4v) is 0.987. The SMILES string of the molecule is CC=CC(=O)N(C)C1CNC1. The van der Waals surface area contributed by atoms with E-state index in [4.69, 9.17) is 0 Å². The van der Waals surface area contributed by atoms with Gasteiger partial charge in [-0.15, -0.1) is 0 Å². The minimum atomic E-state index is 0.0963. The molecule has 11 heavy (non-hydrogen) atoms. The highest BCUT2D eigenvalue weighted by Gasteiger charge is 2.23. The zero-order chi connectivity index (χ0) is 8.27. The lowest BCUT2D eigenvalue weighted by atomic mass is 10.1. The molecule has 1 saturated heterocycles. The minimum absolute atomic E-state index is 0.0963. The second-order valence-corrected chi connectivity index (χ2v) is 2.76. The Balaban J connectivity index is 2.38. The van der Waals surface area contributed by atoms with Crippen LogP contribution in [0.4, 0.5) is 0 Å². The van der Waals surface area contributed by atoms with Crippen LogP contribution in [-0.4, -0.2) is 37.0 Å². The van der Waals surface area contributed by atoms with Crippen molar-refractivity contribution >= 4 is 5.91 Å². The summed E-state index contributed by atoms with van der Waals surface area (Å²) in [4.78, 5) is 13.0. The highest BCUT2D eigenvalue weighted by atomic mass is 16.2. The summed E-state index contributed by atoms with van der Waals surface area (Å²) in [5.74, 6) is 0.0963. The maximum Gasteiger partial charge on any atom is 0.246 e. The Bertz CT molecular complexity index is 173. The molecule has 0 aromatic rings. The van der Waals surface area contributed by atoms with Crippen molar-refractivity contribution in [2.24, 2.45) is 0 Å². The van der Waals surface area contributed by atoms with Crippen LogP contribution in [0.1, 0.15) is 6.92 Å². The first-order valence-corrected chi connectivity index (χ1v) is 3.86. The second kappa shape index (κ2) is 3.53. The number of hydrogen-bond acceptors (Lipinski definition) is 2. The van der Waals surface area contributed by atoms with Crippen LogP contribution in [0, 0.1) is 0 Å². The predicted octanol–water partition coefficient (Wildman–Crippen LogP) is -0.00730. The number of nitrogens with zero attached hydrogens (tertiary/aromatic N) is 1. The van der Waals surface area contributed by atoms with Crippen LogP contribution in [0.15, 0.2) is 12.2 Å². The molecule has 1 amide bonds. The van der Waals surface area contributed by atoms with Gasteiger partial charge in [-0.2, -0.15) is 0 Å². The Morgan fingerprint density at radius 3 is 2.64 bits per heavy atom. The number of nitrogens with one attached hydrogen (secondary N) is 1. The van der Waals surface area contributed by atoms with Crippen LogP contribution in [0.5, 0.6) is 0 Å². The summed E-state index contributed by atoms with van der Waals surface area (Å²) >= 11 is 0. The molecule has 3 heteroatoms. The number of hydrogen-bond donors (Lipinski definition) is 1. The summed E-state index contributed by atoms with van der Waals surface area (Å²) in [6, 6.07) is 0.402. The molecule has 62 valence electrons. The van der Waals surface area contributed by atoms with E-state index in [1.54, 1.807) is 17.1 Å². The largest absolute Gasteiger partial charge is 0.337 e. The average molecular weight is 154 g/mol. The molecule has 0 unspecified atom stereocenters. The molecule has 1 rings (SSSR count). The molecule has 1 aliphatic heterocycles. The Kier molecular flexibility index (Phi) is 2.65. The normalized spacial score (nSPS) is 18.4. The average Bonchev–Trinajstić information content (AvgIpc) is 1.84. The van der Waals surface area contributed by atoms with Gasteiger partial charge in [0.2, 0.25) is 5.91 Å². The summed E-state index contributed by atoms with van der Waals surface area (Å²) in [6.07, 6.45) is 3.36. The van der Waals surface area contributed by atoms with Gasteiger partial charge in [0.15, 0.2) is 0 Å². The van der Waals surface area contributed by atoms with Crippen LogP contribution in [0.3, 0.4) is 0 Å². The number of likely N-dealkylation sites (N-methyl/N-ethyl adjacent to an activating group) is 1. The molecule has 0 aliphatic carbocycles. The molecule has 1 heterocycles. The predicted molar refractivity (Wildman–Crippen MR) is 44.2 cm³/mol. The van der Waals surface area contributed by atoms with E-state index in [2.05, 4.69) is 5.32 Å². The summed E-state index contributed by atoms with van der Waals surface area (Å²) < 4.78 is 0. The number of rotatable bonds is 2. The highest BCUT2D eigenvalue weighted by Crippen LogP contribution is 2.02. The van der Waals surface area contributed by atoms with Crippen molar-refractivity contribution in [2.45, 2.75) is 13.0 Å². The van der Waals surface area contributed by atoms with Gasteiger partial charge in [-0.3, -0.25) is 4.79 Å². The lowest BCUT2D eigenvalue weighted by Gasteiger charge is -2.34. The Hall–Kier alpha value is -0.830. The highest BCUT2D eigenvalue weighted by molar-refractivity contribution is 5.87. The maximum atomic E-state index is 11.2. The smallest absolute Gasteiger partial charge is 0.246 e. The van der Waals surface area contributed by atoms with E-state index in [0.29, 0.717) is 6.04 Å². The maximum absolute atomic E-state index is 11.2. The van der Waals surface area contributed by atoms with Crippen molar-refractivity contribution < 1.29 is 4.79 Å². The molecule has 0 aromatic carbocycles. The van der Waals surface area contributed by atoms with Gasteiger partial charge >= 0.3 is 0 Å². The quantitative estimate of drug-likeness (QED) is 0.567. The first kappa shape index (κ1) is 8.27. The number of carbonyl (C=O) groups excluding carboxylic acids is 1. The lowest BCUT2D eigenvalue weighted by molar-refractivity contribution is -0.127. The van der Waals surface area contributed by atoms with Gasteiger partial charge in [-0.25, -0.2) is 0 Å². The standard InChI is InChI=1S/C8H14N2O/c1-3-4-8(11)10(2)7-5-9-6-7/h3-4,7,9H,5-6H2,1-2H3. The van der Waals surface area contributed by atoms with E-state index in [1.165, 1.54) is 0 Å².